The average molecular weight is 280 g/mol. The largest absolute Gasteiger partial charge is 0.503 e. The molecule has 0 unspecified atom stereocenters. The topological polar surface area (TPSA) is 54.2 Å². The van der Waals surface area contributed by atoms with Gasteiger partial charge in [-0.2, -0.15) is 5.11 Å². The molecule has 0 aliphatic heterocycles. The fourth-order valence-corrected chi connectivity index (χ4v) is 1.75. The zero-order valence-electron chi connectivity index (χ0n) is 11.8. The summed E-state index contributed by atoms with van der Waals surface area (Å²) in [6.45, 7) is 7.39. The standard InChI is InChI=1S/C17H16N2O2/c1-4-12-6-8-14(9-7-12)18-19-15-10-13(5-2)11-16(21-3)17(15)20/h4-11,20H,1-2H2,3H3. The molecule has 21 heavy (non-hydrogen) atoms. The maximum absolute atomic E-state index is 10.0. The van der Waals surface area contributed by atoms with E-state index in [1.807, 2.05) is 24.3 Å². The summed E-state index contributed by atoms with van der Waals surface area (Å²) in [5, 5.41) is 18.2. The highest BCUT2D eigenvalue weighted by Crippen LogP contribution is 2.38. The Hall–Kier alpha value is -2.88. The van der Waals surface area contributed by atoms with E-state index in [0.717, 1.165) is 11.1 Å². The molecule has 0 atom stereocenters. The molecule has 2 aromatic carbocycles. The highest BCUT2D eigenvalue weighted by molar-refractivity contribution is 5.66. The molecular formula is C17H16N2O2. The van der Waals surface area contributed by atoms with Crippen molar-refractivity contribution in [2.45, 2.75) is 0 Å². The smallest absolute Gasteiger partial charge is 0.185 e. The number of hydrogen-bond donors (Lipinski definition) is 1. The van der Waals surface area contributed by atoms with Crippen molar-refractivity contribution in [1.29, 1.82) is 0 Å². The van der Waals surface area contributed by atoms with E-state index in [2.05, 4.69) is 23.4 Å². The number of rotatable bonds is 5. The Bertz CT molecular complexity index is 689. The molecule has 0 bridgehead atoms. The summed E-state index contributed by atoms with van der Waals surface area (Å²) in [6, 6.07) is 10.8. The molecule has 0 aliphatic carbocycles. The average Bonchev–Trinajstić information content (AvgIpc) is 2.54. The molecule has 0 spiro atoms. The van der Waals surface area contributed by atoms with Crippen LogP contribution in [0, 0.1) is 0 Å². The normalized spacial score (nSPS) is 10.5. The first kappa shape index (κ1) is 14.5. The van der Waals surface area contributed by atoms with Gasteiger partial charge in [-0.15, -0.1) is 5.11 Å². The Morgan fingerprint density at radius 3 is 2.24 bits per heavy atom. The fourth-order valence-electron chi connectivity index (χ4n) is 1.75. The van der Waals surface area contributed by atoms with Crippen LogP contribution in [0.15, 0.2) is 59.8 Å². The zero-order valence-corrected chi connectivity index (χ0v) is 11.8. The molecule has 0 fully saturated rings. The van der Waals surface area contributed by atoms with Gasteiger partial charge < -0.3 is 9.84 Å². The minimum absolute atomic E-state index is 0.0467. The number of methoxy groups -OCH3 is 1. The first-order valence-corrected chi connectivity index (χ1v) is 6.35. The second-order valence-electron chi connectivity index (χ2n) is 4.29. The lowest BCUT2D eigenvalue weighted by molar-refractivity contribution is 0.374. The van der Waals surface area contributed by atoms with E-state index < -0.39 is 0 Å². The van der Waals surface area contributed by atoms with Gasteiger partial charge in [-0.05, 0) is 35.4 Å². The van der Waals surface area contributed by atoms with Crippen LogP contribution in [0.5, 0.6) is 11.5 Å². The molecule has 1 N–H and O–H groups in total. The van der Waals surface area contributed by atoms with Crippen molar-refractivity contribution in [3.63, 3.8) is 0 Å². The lowest BCUT2D eigenvalue weighted by atomic mass is 10.1. The van der Waals surface area contributed by atoms with Gasteiger partial charge in [0, 0.05) is 0 Å². The molecule has 0 aliphatic rings. The van der Waals surface area contributed by atoms with Crippen LogP contribution >= 0.6 is 0 Å². The van der Waals surface area contributed by atoms with Crippen LogP contribution in [0.2, 0.25) is 0 Å². The van der Waals surface area contributed by atoms with E-state index >= 15 is 0 Å². The van der Waals surface area contributed by atoms with Gasteiger partial charge in [-0.3, -0.25) is 0 Å². The third-order valence-electron chi connectivity index (χ3n) is 2.93. The molecule has 106 valence electrons. The summed E-state index contributed by atoms with van der Waals surface area (Å²) in [5.41, 5.74) is 2.81. The summed E-state index contributed by atoms with van der Waals surface area (Å²) in [4.78, 5) is 0. The predicted molar refractivity (Wildman–Crippen MR) is 85.5 cm³/mol. The number of benzene rings is 2. The van der Waals surface area contributed by atoms with Gasteiger partial charge in [0.05, 0.1) is 12.8 Å². The molecule has 0 aromatic heterocycles. The van der Waals surface area contributed by atoms with Crippen molar-refractivity contribution in [2.24, 2.45) is 10.2 Å². The van der Waals surface area contributed by atoms with Crippen LogP contribution in [0.25, 0.3) is 12.2 Å². The molecule has 4 nitrogen and oxygen atoms in total. The Labute approximate surface area is 123 Å². The van der Waals surface area contributed by atoms with Gasteiger partial charge >= 0.3 is 0 Å². The molecule has 0 radical (unpaired) electrons. The van der Waals surface area contributed by atoms with Crippen LogP contribution in [-0.4, -0.2) is 12.2 Å². The Morgan fingerprint density at radius 1 is 1.00 bits per heavy atom. The lowest BCUT2D eigenvalue weighted by Crippen LogP contribution is -1.85. The second-order valence-corrected chi connectivity index (χ2v) is 4.29. The Kier molecular flexibility index (Phi) is 4.51. The monoisotopic (exact) mass is 280 g/mol. The second kappa shape index (κ2) is 6.52. The summed E-state index contributed by atoms with van der Waals surface area (Å²) in [7, 11) is 1.48. The van der Waals surface area contributed by atoms with E-state index in [0.29, 0.717) is 17.1 Å². The third-order valence-corrected chi connectivity index (χ3v) is 2.93. The van der Waals surface area contributed by atoms with Gasteiger partial charge in [-0.1, -0.05) is 37.4 Å². The number of aromatic hydroxyl groups is 1. The highest BCUT2D eigenvalue weighted by atomic mass is 16.5. The molecule has 0 amide bonds. The summed E-state index contributed by atoms with van der Waals surface area (Å²) < 4.78 is 5.10. The summed E-state index contributed by atoms with van der Waals surface area (Å²) in [6.07, 6.45) is 3.41. The van der Waals surface area contributed by atoms with Crippen LogP contribution in [0.4, 0.5) is 11.4 Å². The fraction of sp³-hybridized carbons (Fsp3) is 0.0588. The van der Waals surface area contributed by atoms with E-state index in [-0.39, 0.29) is 5.75 Å². The van der Waals surface area contributed by atoms with Crippen LogP contribution in [-0.2, 0) is 0 Å². The van der Waals surface area contributed by atoms with Gasteiger partial charge in [0.1, 0.15) is 5.69 Å². The van der Waals surface area contributed by atoms with Gasteiger partial charge in [0.25, 0.3) is 0 Å². The number of hydrogen-bond acceptors (Lipinski definition) is 4. The van der Waals surface area contributed by atoms with Crippen molar-refractivity contribution in [1.82, 2.24) is 0 Å². The number of azo groups is 1. The zero-order chi connectivity index (χ0) is 15.2. The lowest BCUT2D eigenvalue weighted by Gasteiger charge is -2.06. The maximum Gasteiger partial charge on any atom is 0.185 e. The number of ether oxygens (including phenoxy) is 1. The molecule has 2 rings (SSSR count). The SMILES string of the molecule is C=Cc1ccc(N=Nc2cc(C=C)cc(OC)c2O)cc1. The first-order valence-electron chi connectivity index (χ1n) is 6.35. The molecule has 0 heterocycles. The van der Waals surface area contributed by atoms with Crippen LogP contribution < -0.4 is 4.74 Å². The molecule has 4 heteroatoms. The van der Waals surface area contributed by atoms with E-state index in [4.69, 9.17) is 4.74 Å². The molecular weight excluding hydrogens is 264 g/mol. The first-order chi connectivity index (χ1) is 10.2. The Balaban J connectivity index is 2.34. The predicted octanol–water partition coefficient (Wildman–Crippen LogP) is 5.10. The molecule has 0 saturated heterocycles. The van der Waals surface area contributed by atoms with Crippen LogP contribution in [0.1, 0.15) is 11.1 Å². The van der Waals surface area contributed by atoms with Crippen LogP contribution in [0.3, 0.4) is 0 Å². The van der Waals surface area contributed by atoms with Crippen molar-refractivity contribution in [2.75, 3.05) is 7.11 Å². The quantitative estimate of drug-likeness (QED) is 0.774. The van der Waals surface area contributed by atoms with Gasteiger partial charge in [0.15, 0.2) is 11.5 Å². The number of nitrogens with zero attached hydrogens (tertiary/aromatic N) is 2. The summed E-state index contributed by atoms with van der Waals surface area (Å²) in [5.74, 6) is 0.290. The van der Waals surface area contributed by atoms with Crippen molar-refractivity contribution < 1.29 is 9.84 Å². The summed E-state index contributed by atoms with van der Waals surface area (Å²) >= 11 is 0. The van der Waals surface area contributed by atoms with Crippen molar-refractivity contribution >= 4 is 23.5 Å². The highest BCUT2D eigenvalue weighted by Gasteiger charge is 2.09. The van der Waals surface area contributed by atoms with Crippen molar-refractivity contribution in [3.8, 4) is 11.5 Å². The van der Waals surface area contributed by atoms with Gasteiger partial charge in [0.2, 0.25) is 0 Å². The van der Waals surface area contributed by atoms with E-state index in [9.17, 15) is 5.11 Å². The molecule has 0 saturated carbocycles. The molecule has 2 aromatic rings. The van der Waals surface area contributed by atoms with E-state index in [1.54, 1.807) is 24.3 Å². The third kappa shape index (κ3) is 3.36. The minimum Gasteiger partial charge on any atom is -0.503 e. The Morgan fingerprint density at radius 2 is 1.67 bits per heavy atom. The maximum atomic E-state index is 10.0. The number of phenolic OH excluding ortho intramolecular Hbond substituents is 1. The number of phenols is 1. The van der Waals surface area contributed by atoms with Gasteiger partial charge in [-0.25, -0.2) is 0 Å². The minimum atomic E-state index is -0.0467. The van der Waals surface area contributed by atoms with E-state index in [1.165, 1.54) is 7.11 Å². The van der Waals surface area contributed by atoms with Crippen molar-refractivity contribution in [3.05, 3.63) is 60.7 Å².